The van der Waals surface area contributed by atoms with Crippen molar-refractivity contribution in [1.29, 1.82) is 0 Å². The summed E-state index contributed by atoms with van der Waals surface area (Å²) in [7, 11) is 0. The van der Waals surface area contributed by atoms with Crippen LogP contribution in [0.3, 0.4) is 0 Å². The van der Waals surface area contributed by atoms with Gasteiger partial charge in [0, 0.05) is 36.4 Å². The number of hydrogen-bond donors (Lipinski definition) is 2. The number of halogens is 1. The van der Waals surface area contributed by atoms with Crippen LogP contribution < -0.4 is 11.2 Å². The molecule has 0 bridgehead atoms. The fourth-order valence-electron chi connectivity index (χ4n) is 3.09. The lowest BCUT2D eigenvalue weighted by Gasteiger charge is -2.30. The van der Waals surface area contributed by atoms with Gasteiger partial charge >= 0.3 is 0 Å². The van der Waals surface area contributed by atoms with Gasteiger partial charge in [-0.2, -0.15) is 0 Å². The lowest BCUT2D eigenvalue weighted by atomic mass is 10.1. The highest BCUT2D eigenvalue weighted by Crippen LogP contribution is 2.24. The van der Waals surface area contributed by atoms with E-state index in [0.717, 1.165) is 5.56 Å². The summed E-state index contributed by atoms with van der Waals surface area (Å²) in [5, 5.41) is 11.0. The first-order chi connectivity index (χ1) is 13.4. The zero-order valence-electron chi connectivity index (χ0n) is 15.1. The van der Waals surface area contributed by atoms with Crippen LogP contribution in [-0.4, -0.2) is 27.0 Å². The molecule has 0 aliphatic carbocycles. The number of carbonyl (C=O) groups is 1. The van der Waals surface area contributed by atoms with E-state index < -0.39 is 17.1 Å². The molecule has 0 spiro atoms. The molecule has 1 aliphatic heterocycles. The average Bonchev–Trinajstić information content (AvgIpc) is 2.66. The first-order valence-electron chi connectivity index (χ1n) is 8.66. The van der Waals surface area contributed by atoms with Gasteiger partial charge in [0.2, 0.25) is 5.43 Å². The fraction of sp³-hybridized carbons (Fsp3) is 0.143. The highest BCUT2D eigenvalue weighted by molar-refractivity contribution is 6.30. The molecule has 1 aromatic heterocycles. The van der Waals surface area contributed by atoms with Crippen LogP contribution in [0.2, 0.25) is 5.02 Å². The summed E-state index contributed by atoms with van der Waals surface area (Å²) in [5.74, 6) is -0.971. The molecule has 6 nitrogen and oxygen atoms in total. The van der Waals surface area contributed by atoms with E-state index in [1.807, 2.05) is 12.1 Å². The van der Waals surface area contributed by atoms with Crippen LogP contribution in [0.25, 0.3) is 5.57 Å². The number of allylic oxidation sites excluding steroid dienone is 4. The molecule has 2 heterocycles. The van der Waals surface area contributed by atoms with E-state index in [1.165, 1.54) is 6.20 Å². The lowest BCUT2D eigenvalue weighted by molar-refractivity contribution is 0.0683. The molecule has 0 saturated carbocycles. The third-order valence-corrected chi connectivity index (χ3v) is 4.72. The SMILES string of the molecule is C=C(/C=C\C=C/N)c1cn2c(c(O)c1=O)C(=O)N(Cc1cccc(Cl)c1)CC2. The van der Waals surface area contributed by atoms with Crippen molar-refractivity contribution >= 4 is 23.1 Å². The normalized spacial score (nSPS) is 14.0. The Balaban J connectivity index is 1.92. The average molecular weight is 398 g/mol. The highest BCUT2D eigenvalue weighted by Gasteiger charge is 2.29. The Bertz CT molecular complexity index is 1050. The Morgan fingerprint density at radius 3 is 2.79 bits per heavy atom. The maximum atomic E-state index is 12.9. The van der Waals surface area contributed by atoms with Crippen LogP contribution >= 0.6 is 11.6 Å². The van der Waals surface area contributed by atoms with E-state index in [-0.39, 0.29) is 11.3 Å². The van der Waals surface area contributed by atoms with Crippen LogP contribution in [0.15, 0.2) is 66.3 Å². The van der Waals surface area contributed by atoms with Crippen molar-refractivity contribution in [2.75, 3.05) is 6.54 Å². The molecule has 2 aromatic rings. The Morgan fingerprint density at radius 2 is 2.07 bits per heavy atom. The number of aromatic hydroxyl groups is 1. The van der Waals surface area contributed by atoms with Crippen LogP contribution in [0, 0.1) is 0 Å². The van der Waals surface area contributed by atoms with Crippen molar-refractivity contribution in [3.05, 3.63) is 93.5 Å². The number of amides is 1. The summed E-state index contributed by atoms with van der Waals surface area (Å²) >= 11 is 6.00. The van der Waals surface area contributed by atoms with Crippen molar-refractivity contribution in [2.24, 2.45) is 5.73 Å². The van der Waals surface area contributed by atoms with Crippen LogP contribution in [0.1, 0.15) is 21.6 Å². The van der Waals surface area contributed by atoms with Crippen LogP contribution in [0.4, 0.5) is 0 Å². The molecule has 1 aromatic carbocycles. The molecule has 7 heteroatoms. The Labute approximate surface area is 167 Å². The summed E-state index contributed by atoms with van der Waals surface area (Å²) in [5.41, 5.74) is 6.16. The molecule has 0 radical (unpaired) electrons. The van der Waals surface area contributed by atoms with Gasteiger partial charge < -0.3 is 20.3 Å². The van der Waals surface area contributed by atoms with Crippen molar-refractivity contribution in [2.45, 2.75) is 13.1 Å². The van der Waals surface area contributed by atoms with Crippen molar-refractivity contribution < 1.29 is 9.90 Å². The summed E-state index contributed by atoms with van der Waals surface area (Å²) in [6.07, 6.45) is 7.76. The topological polar surface area (TPSA) is 88.6 Å². The largest absolute Gasteiger partial charge is 0.503 e. The molecule has 3 rings (SSSR count). The molecule has 28 heavy (non-hydrogen) atoms. The number of carbonyl (C=O) groups excluding carboxylic acids is 1. The van der Waals surface area contributed by atoms with E-state index in [4.69, 9.17) is 17.3 Å². The maximum absolute atomic E-state index is 12.9. The molecule has 144 valence electrons. The molecule has 1 amide bonds. The van der Waals surface area contributed by atoms with Crippen molar-refractivity contribution in [1.82, 2.24) is 9.47 Å². The summed E-state index contributed by atoms with van der Waals surface area (Å²) in [4.78, 5) is 27.0. The number of benzene rings is 1. The summed E-state index contributed by atoms with van der Waals surface area (Å²) in [6, 6.07) is 7.23. The first kappa shape index (κ1) is 19.5. The first-order valence-corrected chi connectivity index (χ1v) is 9.04. The second kappa shape index (κ2) is 8.19. The lowest BCUT2D eigenvalue weighted by Crippen LogP contribution is -2.41. The van der Waals surface area contributed by atoms with E-state index in [0.29, 0.717) is 30.2 Å². The van der Waals surface area contributed by atoms with Gasteiger partial charge in [0.25, 0.3) is 5.91 Å². The number of fused-ring (bicyclic) bond motifs is 1. The smallest absolute Gasteiger partial charge is 0.274 e. The van der Waals surface area contributed by atoms with E-state index >= 15 is 0 Å². The predicted octanol–water partition coefficient (Wildman–Crippen LogP) is 2.91. The van der Waals surface area contributed by atoms with Gasteiger partial charge in [-0.3, -0.25) is 9.59 Å². The minimum atomic E-state index is -0.629. The zero-order chi connectivity index (χ0) is 20.3. The van der Waals surface area contributed by atoms with Crippen molar-refractivity contribution in [3.8, 4) is 5.75 Å². The van der Waals surface area contributed by atoms with Gasteiger partial charge in [0.1, 0.15) is 0 Å². The highest BCUT2D eigenvalue weighted by atomic mass is 35.5. The Morgan fingerprint density at radius 1 is 1.29 bits per heavy atom. The Hall–Kier alpha value is -3.25. The number of pyridine rings is 1. The second-order valence-electron chi connectivity index (χ2n) is 6.39. The van der Waals surface area contributed by atoms with Gasteiger partial charge in [-0.25, -0.2) is 0 Å². The maximum Gasteiger partial charge on any atom is 0.274 e. The zero-order valence-corrected chi connectivity index (χ0v) is 15.9. The standard InChI is InChI=1S/C21H20ClN3O3/c1-14(5-2-3-8-23)17-13-24-9-10-25(12-15-6-4-7-16(22)11-15)21(28)18(24)20(27)19(17)26/h2-8,11,13,27H,1,9-10,12,23H2/b5-2-,8-3-. The summed E-state index contributed by atoms with van der Waals surface area (Å²) in [6.45, 7) is 5.08. The molecule has 0 fully saturated rings. The van der Waals surface area contributed by atoms with Gasteiger partial charge in [-0.15, -0.1) is 0 Å². The quantitative estimate of drug-likeness (QED) is 0.759. The molecule has 0 atom stereocenters. The molecular formula is C21H20ClN3O3. The number of nitrogens with zero attached hydrogens (tertiary/aromatic N) is 2. The predicted molar refractivity (Wildman–Crippen MR) is 110 cm³/mol. The van der Waals surface area contributed by atoms with E-state index in [2.05, 4.69) is 6.58 Å². The van der Waals surface area contributed by atoms with Crippen molar-refractivity contribution in [3.63, 3.8) is 0 Å². The molecular weight excluding hydrogens is 378 g/mol. The molecule has 1 aliphatic rings. The van der Waals surface area contributed by atoms with Gasteiger partial charge in [-0.1, -0.05) is 42.5 Å². The number of nitrogens with two attached hydrogens (primary N) is 1. The Kier molecular flexibility index (Phi) is 5.70. The van der Waals surface area contributed by atoms with Gasteiger partial charge in [0.05, 0.1) is 0 Å². The third-order valence-electron chi connectivity index (χ3n) is 4.48. The second-order valence-corrected chi connectivity index (χ2v) is 6.82. The van der Waals surface area contributed by atoms with Gasteiger partial charge in [-0.05, 0) is 35.5 Å². The van der Waals surface area contributed by atoms with Gasteiger partial charge in [0.15, 0.2) is 11.4 Å². The number of rotatable bonds is 5. The monoisotopic (exact) mass is 397 g/mol. The third kappa shape index (κ3) is 3.87. The number of hydrogen-bond acceptors (Lipinski definition) is 4. The minimum absolute atomic E-state index is 0.0133. The molecule has 3 N–H and O–H groups in total. The van der Waals surface area contributed by atoms with E-state index in [9.17, 15) is 14.7 Å². The minimum Gasteiger partial charge on any atom is -0.503 e. The number of aromatic nitrogens is 1. The molecule has 0 saturated heterocycles. The van der Waals surface area contributed by atoms with Crippen LogP contribution in [-0.2, 0) is 13.1 Å². The van der Waals surface area contributed by atoms with E-state index in [1.54, 1.807) is 46.0 Å². The summed E-state index contributed by atoms with van der Waals surface area (Å²) < 4.78 is 1.60. The molecule has 0 unspecified atom stereocenters. The van der Waals surface area contributed by atoms with Crippen LogP contribution in [0.5, 0.6) is 5.75 Å². The fourth-order valence-corrected chi connectivity index (χ4v) is 3.30.